The molecule has 0 aliphatic heterocycles. The fourth-order valence-electron chi connectivity index (χ4n) is 2.02. The number of hydrogen-bond donors (Lipinski definition) is 1. The van der Waals surface area contributed by atoms with E-state index in [0.717, 1.165) is 17.1 Å². The summed E-state index contributed by atoms with van der Waals surface area (Å²) in [6, 6.07) is 8.36. The van der Waals surface area contributed by atoms with Crippen LogP contribution < -0.4 is 5.32 Å². The van der Waals surface area contributed by atoms with Gasteiger partial charge in [0.15, 0.2) is 5.82 Å². The molecule has 1 heterocycles. The Balaban J connectivity index is 2.19. The largest absolute Gasteiger partial charge is 0.383 e. The van der Waals surface area contributed by atoms with E-state index in [1.807, 2.05) is 25.2 Å². The highest BCUT2D eigenvalue weighted by molar-refractivity contribution is 5.62. The Hall–Kier alpha value is -1.95. The van der Waals surface area contributed by atoms with Crippen LogP contribution in [0.25, 0.3) is 11.4 Å². The molecule has 1 unspecified atom stereocenters. The Kier molecular flexibility index (Phi) is 4.68. The number of anilines is 1. The van der Waals surface area contributed by atoms with Gasteiger partial charge >= 0.3 is 0 Å². The van der Waals surface area contributed by atoms with E-state index in [2.05, 4.69) is 40.8 Å². The molecule has 1 aromatic heterocycles. The molecule has 1 atom stereocenters. The molecule has 0 fully saturated rings. The Bertz CT molecular complexity index is 552. The second kappa shape index (κ2) is 6.47. The first-order valence-corrected chi connectivity index (χ1v) is 6.70. The molecule has 2 rings (SSSR count). The molecule has 20 heavy (non-hydrogen) atoms. The Morgan fingerprint density at radius 2 is 2.15 bits per heavy atom. The summed E-state index contributed by atoms with van der Waals surface area (Å²) < 4.78 is 6.92. The molecule has 0 bridgehead atoms. The predicted octanol–water partition coefficient (Wildman–Crippen LogP) is 1.96. The standard InChI is InChI=1S/C14H21N5O/c1-10(2)13(9-20-4)15-12-7-5-6-11(8-12)14-16-17-18-19(14)3/h5-8,10,13,15H,9H2,1-4H3. The van der Waals surface area contributed by atoms with Crippen LogP contribution in [0.2, 0.25) is 0 Å². The van der Waals surface area contributed by atoms with Crippen molar-refractivity contribution in [3.63, 3.8) is 0 Å². The summed E-state index contributed by atoms with van der Waals surface area (Å²) in [4.78, 5) is 0. The molecule has 0 radical (unpaired) electrons. The van der Waals surface area contributed by atoms with Gasteiger partial charge in [0, 0.05) is 25.4 Å². The molecule has 6 nitrogen and oxygen atoms in total. The van der Waals surface area contributed by atoms with Crippen molar-refractivity contribution in [3.8, 4) is 11.4 Å². The lowest BCUT2D eigenvalue weighted by Gasteiger charge is -2.23. The van der Waals surface area contributed by atoms with Gasteiger partial charge in [0.05, 0.1) is 12.6 Å². The monoisotopic (exact) mass is 275 g/mol. The molecular formula is C14H21N5O. The van der Waals surface area contributed by atoms with Crippen molar-refractivity contribution in [2.45, 2.75) is 19.9 Å². The SMILES string of the molecule is COCC(Nc1cccc(-c2nnnn2C)c1)C(C)C. The van der Waals surface area contributed by atoms with Gasteiger partial charge < -0.3 is 10.1 Å². The van der Waals surface area contributed by atoms with E-state index in [-0.39, 0.29) is 6.04 Å². The second-order valence-electron chi connectivity index (χ2n) is 5.16. The molecule has 0 aliphatic rings. The number of tetrazole rings is 1. The molecule has 108 valence electrons. The Labute approximate surface area is 119 Å². The molecule has 0 amide bonds. The van der Waals surface area contributed by atoms with Crippen molar-refractivity contribution in [1.82, 2.24) is 20.2 Å². The number of nitrogens with zero attached hydrogens (tertiary/aromatic N) is 4. The minimum absolute atomic E-state index is 0.271. The highest BCUT2D eigenvalue weighted by Gasteiger charge is 2.13. The number of rotatable bonds is 6. The minimum Gasteiger partial charge on any atom is -0.383 e. The van der Waals surface area contributed by atoms with E-state index in [1.54, 1.807) is 11.8 Å². The average Bonchev–Trinajstić information content (AvgIpc) is 2.85. The van der Waals surface area contributed by atoms with Crippen molar-refractivity contribution in [1.29, 1.82) is 0 Å². The minimum atomic E-state index is 0.271. The first-order valence-electron chi connectivity index (χ1n) is 6.70. The highest BCUT2D eigenvalue weighted by atomic mass is 16.5. The number of hydrogen-bond acceptors (Lipinski definition) is 5. The topological polar surface area (TPSA) is 64.9 Å². The van der Waals surface area contributed by atoms with Gasteiger partial charge in [-0.05, 0) is 28.5 Å². The zero-order valence-corrected chi connectivity index (χ0v) is 12.4. The van der Waals surface area contributed by atoms with E-state index in [4.69, 9.17) is 4.74 Å². The molecule has 1 aromatic carbocycles. The summed E-state index contributed by atoms with van der Waals surface area (Å²) in [5, 5.41) is 15.1. The molecular weight excluding hydrogens is 254 g/mol. The maximum absolute atomic E-state index is 5.26. The summed E-state index contributed by atoms with van der Waals surface area (Å²) in [7, 11) is 3.55. The average molecular weight is 275 g/mol. The fraction of sp³-hybridized carbons (Fsp3) is 0.500. The maximum Gasteiger partial charge on any atom is 0.181 e. The summed E-state index contributed by atoms with van der Waals surface area (Å²) in [5.41, 5.74) is 2.03. The summed E-state index contributed by atoms with van der Waals surface area (Å²) in [5.74, 6) is 1.23. The third kappa shape index (κ3) is 3.33. The molecule has 6 heteroatoms. The number of nitrogens with one attached hydrogen (secondary N) is 1. The van der Waals surface area contributed by atoms with Crippen LogP contribution in [0, 0.1) is 5.92 Å². The van der Waals surface area contributed by atoms with Gasteiger partial charge in [-0.1, -0.05) is 26.0 Å². The van der Waals surface area contributed by atoms with Crippen LogP contribution in [-0.4, -0.2) is 40.0 Å². The smallest absolute Gasteiger partial charge is 0.181 e. The summed E-state index contributed by atoms with van der Waals surface area (Å²) in [6.07, 6.45) is 0. The molecule has 0 spiro atoms. The van der Waals surface area contributed by atoms with Crippen LogP contribution in [0.15, 0.2) is 24.3 Å². The van der Waals surface area contributed by atoms with Crippen molar-refractivity contribution < 1.29 is 4.74 Å². The Morgan fingerprint density at radius 1 is 1.35 bits per heavy atom. The predicted molar refractivity (Wildman–Crippen MR) is 78.4 cm³/mol. The van der Waals surface area contributed by atoms with Crippen molar-refractivity contribution >= 4 is 5.69 Å². The molecule has 0 aliphatic carbocycles. The van der Waals surface area contributed by atoms with Crippen molar-refractivity contribution in [2.75, 3.05) is 19.0 Å². The number of aryl methyl sites for hydroxylation is 1. The third-order valence-corrected chi connectivity index (χ3v) is 3.24. The van der Waals surface area contributed by atoms with Gasteiger partial charge in [0.25, 0.3) is 0 Å². The van der Waals surface area contributed by atoms with Crippen molar-refractivity contribution in [3.05, 3.63) is 24.3 Å². The lowest BCUT2D eigenvalue weighted by atomic mass is 10.0. The van der Waals surface area contributed by atoms with Crippen LogP contribution in [0.5, 0.6) is 0 Å². The van der Waals surface area contributed by atoms with Crippen LogP contribution in [0.4, 0.5) is 5.69 Å². The lowest BCUT2D eigenvalue weighted by molar-refractivity contribution is 0.171. The highest BCUT2D eigenvalue weighted by Crippen LogP contribution is 2.21. The number of aromatic nitrogens is 4. The van der Waals surface area contributed by atoms with Gasteiger partial charge in [-0.2, -0.15) is 0 Å². The molecule has 0 saturated carbocycles. The van der Waals surface area contributed by atoms with E-state index < -0.39 is 0 Å². The fourth-order valence-corrected chi connectivity index (χ4v) is 2.02. The van der Waals surface area contributed by atoms with E-state index in [9.17, 15) is 0 Å². The number of ether oxygens (including phenoxy) is 1. The van der Waals surface area contributed by atoms with Crippen LogP contribution >= 0.6 is 0 Å². The zero-order chi connectivity index (χ0) is 14.5. The van der Waals surface area contributed by atoms with Gasteiger partial charge in [-0.3, -0.25) is 0 Å². The van der Waals surface area contributed by atoms with Crippen LogP contribution in [0.1, 0.15) is 13.8 Å². The van der Waals surface area contributed by atoms with E-state index >= 15 is 0 Å². The van der Waals surface area contributed by atoms with Crippen LogP contribution in [-0.2, 0) is 11.8 Å². The normalized spacial score (nSPS) is 12.7. The van der Waals surface area contributed by atoms with E-state index in [0.29, 0.717) is 12.5 Å². The summed E-state index contributed by atoms with van der Waals surface area (Å²) >= 11 is 0. The van der Waals surface area contributed by atoms with E-state index in [1.165, 1.54) is 0 Å². The quantitative estimate of drug-likeness (QED) is 0.873. The number of benzene rings is 1. The maximum atomic E-state index is 5.26. The van der Waals surface area contributed by atoms with Crippen molar-refractivity contribution in [2.24, 2.45) is 13.0 Å². The van der Waals surface area contributed by atoms with Gasteiger partial charge in [-0.25, -0.2) is 4.68 Å². The Morgan fingerprint density at radius 3 is 2.75 bits per heavy atom. The van der Waals surface area contributed by atoms with Gasteiger partial charge in [-0.15, -0.1) is 5.10 Å². The number of methoxy groups -OCH3 is 1. The van der Waals surface area contributed by atoms with Gasteiger partial charge in [0.2, 0.25) is 0 Å². The lowest BCUT2D eigenvalue weighted by Crippen LogP contribution is -2.30. The second-order valence-corrected chi connectivity index (χ2v) is 5.16. The molecule has 1 N–H and O–H groups in total. The zero-order valence-electron chi connectivity index (χ0n) is 12.4. The van der Waals surface area contributed by atoms with Crippen LogP contribution in [0.3, 0.4) is 0 Å². The molecule has 0 saturated heterocycles. The third-order valence-electron chi connectivity index (χ3n) is 3.24. The molecule has 2 aromatic rings. The summed E-state index contributed by atoms with van der Waals surface area (Å²) in [6.45, 7) is 5.02. The first kappa shape index (κ1) is 14.5. The van der Waals surface area contributed by atoms with Gasteiger partial charge in [0.1, 0.15) is 0 Å². The first-order chi connectivity index (χ1) is 9.61.